The summed E-state index contributed by atoms with van der Waals surface area (Å²) in [6.45, 7) is 3.47. The van der Waals surface area contributed by atoms with Crippen molar-refractivity contribution in [2.75, 3.05) is 25.5 Å². The van der Waals surface area contributed by atoms with Crippen molar-refractivity contribution in [2.24, 2.45) is 5.73 Å². The maximum Gasteiger partial charge on any atom is 0.224 e. The van der Waals surface area contributed by atoms with Crippen molar-refractivity contribution >= 4 is 11.6 Å². The first-order valence-corrected chi connectivity index (χ1v) is 7.52. The summed E-state index contributed by atoms with van der Waals surface area (Å²) in [5.74, 6) is 1.02. The third kappa shape index (κ3) is 4.63. The van der Waals surface area contributed by atoms with Gasteiger partial charge in [-0.1, -0.05) is 6.07 Å². The van der Waals surface area contributed by atoms with Gasteiger partial charge in [0.25, 0.3) is 0 Å². The highest BCUT2D eigenvalue weighted by atomic mass is 16.5. The largest absolute Gasteiger partial charge is 0.497 e. The van der Waals surface area contributed by atoms with Gasteiger partial charge in [-0.3, -0.25) is 4.79 Å². The van der Waals surface area contributed by atoms with Crippen LogP contribution in [0.4, 0.5) is 5.69 Å². The molecule has 5 heteroatoms. The monoisotopic (exact) mass is 291 g/mol. The zero-order valence-electron chi connectivity index (χ0n) is 12.8. The van der Waals surface area contributed by atoms with Crippen molar-refractivity contribution in [1.82, 2.24) is 4.90 Å². The van der Waals surface area contributed by atoms with Gasteiger partial charge in [-0.15, -0.1) is 0 Å². The lowest BCUT2D eigenvalue weighted by Gasteiger charge is -2.33. The maximum absolute atomic E-state index is 12.0. The number of hydrogen-bond acceptors (Lipinski definition) is 4. The molecule has 1 aliphatic heterocycles. The molecule has 1 heterocycles. The van der Waals surface area contributed by atoms with Crippen LogP contribution < -0.4 is 15.8 Å². The number of hydrogen-bond donors (Lipinski definition) is 2. The quantitative estimate of drug-likeness (QED) is 0.868. The minimum Gasteiger partial charge on any atom is -0.497 e. The van der Waals surface area contributed by atoms with Crippen molar-refractivity contribution in [3.8, 4) is 5.75 Å². The van der Waals surface area contributed by atoms with Crippen LogP contribution in [0, 0.1) is 0 Å². The van der Waals surface area contributed by atoms with E-state index in [1.54, 1.807) is 7.11 Å². The Kier molecular flexibility index (Phi) is 5.44. The lowest BCUT2D eigenvalue weighted by molar-refractivity contribution is -0.132. The van der Waals surface area contributed by atoms with E-state index in [0.29, 0.717) is 12.5 Å². The summed E-state index contributed by atoms with van der Waals surface area (Å²) in [6.07, 6.45) is 2.36. The average molecular weight is 291 g/mol. The molecule has 1 aromatic carbocycles. The number of piperidine rings is 1. The highest BCUT2D eigenvalue weighted by molar-refractivity contribution is 5.76. The highest BCUT2D eigenvalue weighted by Crippen LogP contribution is 2.21. The van der Waals surface area contributed by atoms with Gasteiger partial charge in [0, 0.05) is 43.3 Å². The van der Waals surface area contributed by atoms with Crippen LogP contribution in [0.15, 0.2) is 24.3 Å². The van der Waals surface area contributed by atoms with Gasteiger partial charge in [0.2, 0.25) is 5.91 Å². The molecular weight excluding hydrogens is 266 g/mol. The number of likely N-dealkylation sites (tertiary alicyclic amines) is 1. The van der Waals surface area contributed by atoms with Crippen LogP contribution in [0.1, 0.15) is 26.2 Å². The number of benzene rings is 1. The van der Waals surface area contributed by atoms with Crippen molar-refractivity contribution in [1.29, 1.82) is 0 Å². The SMILES string of the molecule is COc1cccc(NC2CCN(C(=O)CC(C)N)CC2)c1. The van der Waals surface area contributed by atoms with Crippen LogP contribution in [0.5, 0.6) is 5.75 Å². The first kappa shape index (κ1) is 15.6. The van der Waals surface area contributed by atoms with Crippen LogP contribution in [0.3, 0.4) is 0 Å². The maximum atomic E-state index is 12.0. The van der Waals surface area contributed by atoms with E-state index in [9.17, 15) is 4.79 Å². The molecule has 21 heavy (non-hydrogen) atoms. The van der Waals surface area contributed by atoms with Crippen molar-refractivity contribution in [3.63, 3.8) is 0 Å². The van der Waals surface area contributed by atoms with Crippen molar-refractivity contribution in [3.05, 3.63) is 24.3 Å². The molecule has 1 saturated heterocycles. The molecule has 0 spiro atoms. The second kappa shape index (κ2) is 7.31. The zero-order valence-corrected chi connectivity index (χ0v) is 12.8. The first-order valence-electron chi connectivity index (χ1n) is 7.52. The molecule has 116 valence electrons. The van der Waals surface area contributed by atoms with E-state index < -0.39 is 0 Å². The van der Waals surface area contributed by atoms with Gasteiger partial charge in [0.1, 0.15) is 5.75 Å². The molecule has 2 rings (SSSR count). The van der Waals surface area contributed by atoms with Gasteiger partial charge in [-0.05, 0) is 31.9 Å². The molecule has 1 aliphatic rings. The molecule has 1 amide bonds. The smallest absolute Gasteiger partial charge is 0.224 e. The Labute approximate surface area is 126 Å². The number of amides is 1. The molecule has 1 aromatic rings. The number of nitrogens with zero attached hydrogens (tertiary/aromatic N) is 1. The number of ether oxygens (including phenoxy) is 1. The van der Waals surface area contributed by atoms with Gasteiger partial charge >= 0.3 is 0 Å². The summed E-state index contributed by atoms with van der Waals surface area (Å²) < 4.78 is 5.22. The lowest BCUT2D eigenvalue weighted by atomic mass is 10.0. The zero-order chi connectivity index (χ0) is 15.2. The van der Waals surface area contributed by atoms with Crippen molar-refractivity contribution in [2.45, 2.75) is 38.3 Å². The van der Waals surface area contributed by atoms with E-state index in [4.69, 9.17) is 10.5 Å². The number of carbonyl (C=O) groups is 1. The second-order valence-electron chi connectivity index (χ2n) is 5.71. The number of carbonyl (C=O) groups excluding carboxylic acids is 1. The van der Waals surface area contributed by atoms with Crippen LogP contribution in [0.2, 0.25) is 0 Å². The highest BCUT2D eigenvalue weighted by Gasteiger charge is 2.23. The number of methoxy groups -OCH3 is 1. The summed E-state index contributed by atoms with van der Waals surface area (Å²) in [4.78, 5) is 13.9. The molecule has 0 radical (unpaired) electrons. The summed E-state index contributed by atoms with van der Waals surface area (Å²) >= 11 is 0. The standard InChI is InChI=1S/C16H25N3O2/c1-12(17)10-16(20)19-8-6-13(7-9-19)18-14-4-3-5-15(11-14)21-2/h3-5,11-13,18H,6-10,17H2,1-2H3. The number of nitrogens with one attached hydrogen (secondary N) is 1. The predicted octanol–water partition coefficient (Wildman–Crippen LogP) is 1.84. The lowest BCUT2D eigenvalue weighted by Crippen LogP contribution is -2.43. The fraction of sp³-hybridized carbons (Fsp3) is 0.562. The van der Waals surface area contributed by atoms with E-state index in [1.807, 2.05) is 36.1 Å². The Morgan fingerprint density at radius 1 is 1.48 bits per heavy atom. The Hall–Kier alpha value is -1.75. The summed E-state index contributed by atoms with van der Waals surface area (Å²) in [6, 6.07) is 8.27. The van der Waals surface area contributed by atoms with Gasteiger partial charge < -0.3 is 20.7 Å². The summed E-state index contributed by atoms with van der Waals surface area (Å²) in [5.41, 5.74) is 6.75. The van der Waals surface area contributed by atoms with E-state index in [-0.39, 0.29) is 11.9 Å². The average Bonchev–Trinajstić information content (AvgIpc) is 2.47. The fourth-order valence-corrected chi connectivity index (χ4v) is 2.63. The Morgan fingerprint density at radius 3 is 2.81 bits per heavy atom. The van der Waals surface area contributed by atoms with Crippen LogP contribution in [-0.2, 0) is 4.79 Å². The molecule has 0 saturated carbocycles. The molecule has 3 N–H and O–H groups in total. The Balaban J connectivity index is 1.82. The molecular formula is C16H25N3O2. The molecule has 5 nitrogen and oxygen atoms in total. The molecule has 0 bridgehead atoms. The fourth-order valence-electron chi connectivity index (χ4n) is 2.63. The minimum atomic E-state index is -0.0647. The second-order valence-corrected chi connectivity index (χ2v) is 5.71. The van der Waals surface area contributed by atoms with Crippen LogP contribution in [-0.4, -0.2) is 43.1 Å². The third-order valence-electron chi connectivity index (χ3n) is 3.78. The Morgan fingerprint density at radius 2 is 2.19 bits per heavy atom. The molecule has 0 aliphatic carbocycles. The van der Waals surface area contributed by atoms with Gasteiger partial charge in [0.05, 0.1) is 7.11 Å². The van der Waals surface area contributed by atoms with E-state index in [1.165, 1.54) is 0 Å². The first-order chi connectivity index (χ1) is 10.1. The van der Waals surface area contributed by atoms with E-state index >= 15 is 0 Å². The number of nitrogens with two attached hydrogens (primary N) is 1. The summed E-state index contributed by atoms with van der Waals surface area (Å²) in [5, 5.41) is 3.51. The van der Waals surface area contributed by atoms with Crippen molar-refractivity contribution < 1.29 is 9.53 Å². The summed E-state index contributed by atoms with van der Waals surface area (Å²) in [7, 11) is 1.67. The molecule has 1 unspecified atom stereocenters. The number of rotatable bonds is 5. The van der Waals surface area contributed by atoms with Gasteiger partial charge in [0.15, 0.2) is 0 Å². The normalized spacial score (nSPS) is 17.4. The topological polar surface area (TPSA) is 67.6 Å². The van der Waals surface area contributed by atoms with E-state index in [0.717, 1.165) is 37.4 Å². The van der Waals surface area contributed by atoms with Gasteiger partial charge in [-0.25, -0.2) is 0 Å². The molecule has 1 atom stereocenters. The predicted molar refractivity (Wildman–Crippen MR) is 84.5 cm³/mol. The van der Waals surface area contributed by atoms with Crippen LogP contribution in [0.25, 0.3) is 0 Å². The van der Waals surface area contributed by atoms with Gasteiger partial charge in [-0.2, -0.15) is 0 Å². The van der Waals surface area contributed by atoms with E-state index in [2.05, 4.69) is 5.32 Å². The number of anilines is 1. The molecule has 1 fully saturated rings. The molecule has 0 aromatic heterocycles. The Bertz CT molecular complexity index is 468. The van der Waals surface area contributed by atoms with Crippen LogP contribution >= 0.6 is 0 Å². The third-order valence-corrected chi connectivity index (χ3v) is 3.78. The minimum absolute atomic E-state index is 0.0647.